The molecule has 0 fully saturated rings. The first-order chi connectivity index (χ1) is 14.7. The van der Waals surface area contributed by atoms with Crippen LogP contribution in [0.5, 0.6) is 11.5 Å². The molecule has 0 spiro atoms. The monoisotopic (exact) mass is 424 g/mol. The van der Waals surface area contributed by atoms with E-state index in [0.29, 0.717) is 0 Å². The zero-order chi connectivity index (χ0) is 22.6. The summed E-state index contributed by atoms with van der Waals surface area (Å²) >= 11 is 0. The van der Waals surface area contributed by atoms with Crippen molar-refractivity contribution in [1.29, 1.82) is 0 Å². The van der Waals surface area contributed by atoms with Crippen molar-refractivity contribution >= 4 is 23.3 Å². The van der Waals surface area contributed by atoms with Gasteiger partial charge in [-0.25, -0.2) is 0 Å². The van der Waals surface area contributed by atoms with Crippen molar-refractivity contribution < 1.29 is 39.2 Å². The maximum absolute atomic E-state index is 13.1. The Hall–Kier alpha value is -3.52. The molecule has 2 aliphatic carbocycles. The van der Waals surface area contributed by atoms with Crippen molar-refractivity contribution in [2.75, 3.05) is 7.11 Å². The van der Waals surface area contributed by atoms with E-state index in [1.165, 1.54) is 38.3 Å². The molecule has 4 rings (SSSR count). The highest BCUT2D eigenvalue weighted by molar-refractivity contribution is 6.30. The average molecular weight is 424 g/mol. The summed E-state index contributed by atoms with van der Waals surface area (Å²) in [6.07, 6.45) is -1.28. The number of phenols is 2. The molecule has 8 nitrogen and oxygen atoms in total. The number of fused-ring (bicyclic) bond motifs is 3. The van der Waals surface area contributed by atoms with Gasteiger partial charge in [-0.3, -0.25) is 14.4 Å². The topological polar surface area (TPSA) is 138 Å². The summed E-state index contributed by atoms with van der Waals surface area (Å²) in [4.78, 5) is 50.6. The number of hydrogen-bond donors (Lipinski definition) is 3. The molecule has 3 N–H and O–H groups in total. The fourth-order valence-corrected chi connectivity index (χ4v) is 4.77. The van der Waals surface area contributed by atoms with E-state index in [2.05, 4.69) is 0 Å². The second-order valence-electron chi connectivity index (χ2n) is 7.93. The number of Topliss-reactive ketones (excluding diaryl/α,β-unsaturated/α-hetero) is 1. The van der Waals surface area contributed by atoms with Crippen molar-refractivity contribution in [3.05, 3.63) is 57.6 Å². The van der Waals surface area contributed by atoms with Crippen molar-refractivity contribution in [3.63, 3.8) is 0 Å². The minimum Gasteiger partial charge on any atom is -0.507 e. The van der Waals surface area contributed by atoms with Gasteiger partial charge in [-0.2, -0.15) is 0 Å². The van der Waals surface area contributed by atoms with E-state index in [1.54, 1.807) is 0 Å². The van der Waals surface area contributed by atoms with E-state index in [4.69, 9.17) is 4.74 Å². The molecule has 0 radical (unpaired) electrons. The third-order valence-corrected chi connectivity index (χ3v) is 6.03. The fraction of sp³-hybridized carbons (Fsp3) is 0.304. The number of ketones is 3. The predicted octanol–water partition coefficient (Wildman–Crippen LogP) is 2.16. The van der Waals surface area contributed by atoms with E-state index in [1.807, 2.05) is 0 Å². The molecule has 2 aliphatic rings. The quantitative estimate of drug-likeness (QED) is 0.544. The van der Waals surface area contributed by atoms with E-state index in [-0.39, 0.29) is 52.0 Å². The Bertz CT molecular complexity index is 1160. The Labute approximate surface area is 177 Å². The van der Waals surface area contributed by atoms with Gasteiger partial charge in [0.1, 0.15) is 17.3 Å². The van der Waals surface area contributed by atoms with E-state index in [0.717, 1.165) is 0 Å². The molecule has 0 saturated heterocycles. The minimum atomic E-state index is -1.26. The number of ether oxygens (including phenoxy) is 1. The first-order valence-electron chi connectivity index (χ1n) is 9.73. The number of esters is 1. The molecule has 31 heavy (non-hydrogen) atoms. The summed E-state index contributed by atoms with van der Waals surface area (Å²) in [5.41, 5.74) is -0.608. The van der Waals surface area contributed by atoms with Gasteiger partial charge in [0.2, 0.25) is 5.78 Å². The van der Waals surface area contributed by atoms with Gasteiger partial charge in [0.15, 0.2) is 5.78 Å². The SMILES string of the molecule is COC(=O)[C@H]1c2cc3c(c(O)c2[C@@H](O)C[C@@H]1CC(C)=O)C(=O)c1c(O)cccc1C3=O. The molecule has 0 aromatic heterocycles. The van der Waals surface area contributed by atoms with Crippen LogP contribution in [0.15, 0.2) is 24.3 Å². The summed E-state index contributed by atoms with van der Waals surface area (Å²) in [5.74, 6) is -4.83. The van der Waals surface area contributed by atoms with Crippen LogP contribution in [-0.2, 0) is 14.3 Å². The number of aliphatic hydroxyl groups is 1. The first-order valence-corrected chi connectivity index (χ1v) is 9.73. The predicted molar refractivity (Wildman–Crippen MR) is 106 cm³/mol. The first kappa shape index (κ1) is 20.7. The molecule has 0 saturated carbocycles. The molecule has 0 unspecified atom stereocenters. The number of benzene rings is 2. The number of methoxy groups -OCH3 is 1. The summed E-state index contributed by atoms with van der Waals surface area (Å²) in [5, 5.41) is 31.8. The smallest absolute Gasteiger partial charge is 0.313 e. The highest BCUT2D eigenvalue weighted by atomic mass is 16.5. The molecule has 2 aromatic rings. The molecule has 0 aliphatic heterocycles. The Morgan fingerprint density at radius 1 is 1.10 bits per heavy atom. The Morgan fingerprint density at radius 3 is 2.45 bits per heavy atom. The van der Waals surface area contributed by atoms with Crippen molar-refractivity contribution in [1.82, 2.24) is 0 Å². The number of aromatic hydroxyl groups is 2. The number of carbonyl (C=O) groups is 4. The third kappa shape index (κ3) is 3.02. The van der Waals surface area contributed by atoms with Crippen LogP contribution in [0.1, 0.15) is 74.8 Å². The molecule has 0 heterocycles. The number of phenolic OH excluding ortho intramolecular Hbond substituents is 2. The van der Waals surface area contributed by atoms with Gasteiger partial charge in [-0.05, 0) is 37.0 Å². The minimum absolute atomic E-state index is 0.00229. The molecule has 0 amide bonds. The van der Waals surface area contributed by atoms with Gasteiger partial charge >= 0.3 is 5.97 Å². The highest BCUT2D eigenvalue weighted by Crippen LogP contribution is 2.50. The lowest BCUT2D eigenvalue weighted by Gasteiger charge is -2.36. The number of aliphatic hydroxyl groups excluding tert-OH is 1. The normalized spacial score (nSPS) is 21.7. The van der Waals surface area contributed by atoms with Gasteiger partial charge in [-0.1, -0.05) is 12.1 Å². The number of carbonyl (C=O) groups excluding carboxylic acids is 4. The number of rotatable bonds is 3. The highest BCUT2D eigenvalue weighted by Gasteiger charge is 2.45. The summed E-state index contributed by atoms with van der Waals surface area (Å²) in [6, 6.07) is 5.39. The zero-order valence-corrected chi connectivity index (χ0v) is 16.8. The zero-order valence-electron chi connectivity index (χ0n) is 16.8. The molecule has 160 valence electrons. The van der Waals surface area contributed by atoms with Crippen molar-refractivity contribution in [3.8, 4) is 11.5 Å². The summed E-state index contributed by atoms with van der Waals surface area (Å²) in [6.45, 7) is 1.37. The van der Waals surface area contributed by atoms with Crippen LogP contribution in [0, 0.1) is 5.92 Å². The van der Waals surface area contributed by atoms with Crippen LogP contribution in [-0.4, -0.2) is 45.7 Å². The molecule has 8 heteroatoms. The van der Waals surface area contributed by atoms with Gasteiger partial charge in [0.05, 0.1) is 30.3 Å². The van der Waals surface area contributed by atoms with Crippen LogP contribution in [0.2, 0.25) is 0 Å². The van der Waals surface area contributed by atoms with E-state index < -0.39 is 47.0 Å². The Morgan fingerprint density at radius 2 is 1.81 bits per heavy atom. The molecule has 3 atom stereocenters. The maximum Gasteiger partial charge on any atom is 0.313 e. The van der Waals surface area contributed by atoms with E-state index in [9.17, 15) is 34.5 Å². The van der Waals surface area contributed by atoms with Crippen molar-refractivity contribution in [2.45, 2.75) is 31.8 Å². The largest absolute Gasteiger partial charge is 0.507 e. The number of hydrogen-bond acceptors (Lipinski definition) is 8. The second kappa shape index (κ2) is 7.31. The Balaban J connectivity index is 1.99. The van der Waals surface area contributed by atoms with Crippen LogP contribution < -0.4 is 0 Å². The van der Waals surface area contributed by atoms with Crippen molar-refractivity contribution in [2.24, 2.45) is 5.92 Å². The summed E-state index contributed by atoms with van der Waals surface area (Å²) < 4.78 is 4.90. The lowest BCUT2D eigenvalue weighted by atomic mass is 9.69. The van der Waals surface area contributed by atoms with Crippen LogP contribution >= 0.6 is 0 Å². The van der Waals surface area contributed by atoms with Gasteiger partial charge in [0.25, 0.3) is 0 Å². The van der Waals surface area contributed by atoms with Crippen LogP contribution in [0.25, 0.3) is 0 Å². The standard InChI is InChI=1S/C23H20O8/c1-9(24)6-10-7-15(26)18-12(16(10)23(30)31-2)8-13-19(22(18)29)21(28)17-11(20(13)27)4-3-5-14(17)25/h3-5,8,10,15-16,25-26,29H,6-7H2,1-2H3/t10-,15-,16+/m0/s1. The van der Waals surface area contributed by atoms with Crippen LogP contribution in [0.3, 0.4) is 0 Å². The Kier molecular flexibility index (Phi) is 4.89. The third-order valence-electron chi connectivity index (χ3n) is 6.03. The molecule has 0 bridgehead atoms. The van der Waals surface area contributed by atoms with Gasteiger partial charge in [-0.15, -0.1) is 0 Å². The average Bonchev–Trinajstić information content (AvgIpc) is 2.70. The maximum atomic E-state index is 13.1. The molecule has 2 aromatic carbocycles. The van der Waals surface area contributed by atoms with Crippen LogP contribution in [0.4, 0.5) is 0 Å². The van der Waals surface area contributed by atoms with Gasteiger partial charge in [0, 0.05) is 23.1 Å². The molecular weight excluding hydrogens is 404 g/mol. The fourth-order valence-electron chi connectivity index (χ4n) is 4.77. The second-order valence-corrected chi connectivity index (χ2v) is 7.93. The lowest BCUT2D eigenvalue weighted by molar-refractivity contribution is -0.144. The lowest BCUT2D eigenvalue weighted by Crippen LogP contribution is -2.33. The summed E-state index contributed by atoms with van der Waals surface area (Å²) in [7, 11) is 1.18. The molecular formula is C23H20O8. The van der Waals surface area contributed by atoms with E-state index >= 15 is 0 Å². The van der Waals surface area contributed by atoms with Gasteiger partial charge < -0.3 is 24.9 Å².